The summed E-state index contributed by atoms with van der Waals surface area (Å²) in [6.07, 6.45) is 1.55. The Balaban J connectivity index is 2.05. The molecule has 2 aromatic rings. The van der Waals surface area contributed by atoms with Crippen LogP contribution in [0.2, 0.25) is 0 Å². The average Bonchev–Trinajstić information content (AvgIpc) is 2.42. The van der Waals surface area contributed by atoms with E-state index >= 15 is 0 Å². The summed E-state index contributed by atoms with van der Waals surface area (Å²) in [4.78, 5) is 10.3. The Kier molecular flexibility index (Phi) is 3.97. The molecule has 18 heavy (non-hydrogen) atoms. The molecule has 2 aromatic carbocycles. The van der Waals surface area contributed by atoms with Crippen molar-refractivity contribution in [2.75, 3.05) is 12.4 Å². The molecule has 0 aliphatic heterocycles. The van der Waals surface area contributed by atoms with Crippen LogP contribution in [-0.4, -0.2) is 13.5 Å². The summed E-state index contributed by atoms with van der Waals surface area (Å²) in [5.41, 5.74) is 3.24. The molecule has 3 heteroatoms. The van der Waals surface area contributed by atoms with Gasteiger partial charge in [0, 0.05) is 5.69 Å². The highest BCUT2D eigenvalue weighted by Crippen LogP contribution is 2.16. The molecule has 0 heterocycles. The Morgan fingerprint density at radius 1 is 1.00 bits per heavy atom. The van der Waals surface area contributed by atoms with Crippen molar-refractivity contribution >= 4 is 12.1 Å². The average molecular weight is 241 g/mol. The largest absolute Gasteiger partial charge is 0.497 e. The first-order chi connectivity index (χ1) is 8.81. The van der Waals surface area contributed by atoms with E-state index in [0.717, 1.165) is 17.9 Å². The van der Waals surface area contributed by atoms with Crippen LogP contribution in [0.4, 0.5) is 5.69 Å². The van der Waals surface area contributed by atoms with E-state index in [1.54, 1.807) is 7.11 Å². The first-order valence-electron chi connectivity index (χ1n) is 5.74. The number of carbonyl (C=O) groups excluding carboxylic acids is 1. The molecule has 0 aliphatic carbocycles. The van der Waals surface area contributed by atoms with Gasteiger partial charge in [-0.25, -0.2) is 0 Å². The Morgan fingerprint density at radius 3 is 2.06 bits per heavy atom. The summed E-state index contributed by atoms with van der Waals surface area (Å²) < 4.78 is 5.12. The van der Waals surface area contributed by atoms with Crippen molar-refractivity contribution in [1.82, 2.24) is 0 Å². The van der Waals surface area contributed by atoms with E-state index in [1.165, 1.54) is 11.1 Å². The van der Waals surface area contributed by atoms with Crippen LogP contribution >= 0.6 is 0 Å². The fraction of sp³-hybridized carbons (Fsp3) is 0.133. The van der Waals surface area contributed by atoms with Gasteiger partial charge in [0.1, 0.15) is 5.75 Å². The summed E-state index contributed by atoms with van der Waals surface area (Å²) >= 11 is 0. The van der Waals surface area contributed by atoms with E-state index in [4.69, 9.17) is 4.74 Å². The second kappa shape index (κ2) is 5.87. The molecule has 0 saturated heterocycles. The summed E-state index contributed by atoms with van der Waals surface area (Å²) in [7, 11) is 1.66. The zero-order chi connectivity index (χ0) is 12.8. The third-order valence-electron chi connectivity index (χ3n) is 2.75. The fourth-order valence-corrected chi connectivity index (χ4v) is 1.77. The normalized spacial score (nSPS) is 9.83. The number of rotatable bonds is 5. The Labute approximate surface area is 106 Å². The third kappa shape index (κ3) is 3.10. The first-order valence-corrected chi connectivity index (χ1v) is 5.74. The van der Waals surface area contributed by atoms with Gasteiger partial charge >= 0.3 is 0 Å². The molecule has 2 rings (SSSR count). The number of amides is 1. The predicted octanol–water partition coefficient (Wildman–Crippen LogP) is 2.85. The van der Waals surface area contributed by atoms with E-state index in [0.29, 0.717) is 6.41 Å². The zero-order valence-electron chi connectivity index (χ0n) is 10.2. The molecule has 0 radical (unpaired) electrons. The molecule has 1 amide bonds. The van der Waals surface area contributed by atoms with Gasteiger partial charge in [-0.3, -0.25) is 4.79 Å². The van der Waals surface area contributed by atoms with Crippen LogP contribution in [0.1, 0.15) is 11.1 Å². The molecular weight excluding hydrogens is 226 g/mol. The molecule has 0 aromatic heterocycles. The quantitative estimate of drug-likeness (QED) is 0.817. The van der Waals surface area contributed by atoms with Gasteiger partial charge < -0.3 is 10.1 Å². The lowest BCUT2D eigenvalue weighted by Crippen LogP contribution is -1.94. The Morgan fingerprint density at radius 2 is 1.56 bits per heavy atom. The monoisotopic (exact) mass is 241 g/mol. The van der Waals surface area contributed by atoms with E-state index < -0.39 is 0 Å². The van der Waals surface area contributed by atoms with E-state index in [2.05, 4.69) is 17.4 Å². The minimum absolute atomic E-state index is 0.679. The van der Waals surface area contributed by atoms with Crippen molar-refractivity contribution in [3.63, 3.8) is 0 Å². The van der Waals surface area contributed by atoms with Gasteiger partial charge in [0.05, 0.1) is 7.11 Å². The Bertz CT molecular complexity index is 503. The second-order valence-corrected chi connectivity index (χ2v) is 3.98. The number of anilines is 1. The number of ether oxygens (including phenoxy) is 1. The minimum atomic E-state index is 0.679. The molecule has 0 fully saturated rings. The van der Waals surface area contributed by atoms with Crippen molar-refractivity contribution in [3.8, 4) is 5.75 Å². The van der Waals surface area contributed by atoms with Crippen molar-refractivity contribution in [1.29, 1.82) is 0 Å². The molecule has 0 spiro atoms. The molecule has 0 saturated carbocycles. The van der Waals surface area contributed by atoms with Gasteiger partial charge in [0.2, 0.25) is 6.41 Å². The lowest BCUT2D eigenvalue weighted by molar-refractivity contribution is -0.105. The number of hydrogen-bond donors (Lipinski definition) is 1. The zero-order valence-corrected chi connectivity index (χ0v) is 10.2. The van der Waals surface area contributed by atoms with Crippen molar-refractivity contribution in [2.45, 2.75) is 6.42 Å². The topological polar surface area (TPSA) is 38.3 Å². The van der Waals surface area contributed by atoms with Gasteiger partial charge in [-0.1, -0.05) is 24.3 Å². The predicted molar refractivity (Wildman–Crippen MR) is 71.9 cm³/mol. The van der Waals surface area contributed by atoms with Crippen molar-refractivity contribution < 1.29 is 9.53 Å². The van der Waals surface area contributed by atoms with Crippen LogP contribution in [-0.2, 0) is 11.2 Å². The lowest BCUT2D eigenvalue weighted by atomic mass is 10.0. The highest BCUT2D eigenvalue weighted by molar-refractivity contribution is 5.71. The highest BCUT2D eigenvalue weighted by atomic mass is 16.5. The molecule has 0 bridgehead atoms. The van der Waals surface area contributed by atoms with Crippen LogP contribution in [0.3, 0.4) is 0 Å². The molecule has 0 atom stereocenters. The number of nitrogens with one attached hydrogen (secondary N) is 1. The Hall–Kier alpha value is -2.29. The summed E-state index contributed by atoms with van der Waals surface area (Å²) in [6, 6.07) is 15.8. The van der Waals surface area contributed by atoms with Gasteiger partial charge in [0.25, 0.3) is 0 Å². The number of hydrogen-bond acceptors (Lipinski definition) is 2. The summed E-state index contributed by atoms with van der Waals surface area (Å²) in [5.74, 6) is 0.865. The number of methoxy groups -OCH3 is 1. The van der Waals surface area contributed by atoms with E-state index in [9.17, 15) is 4.79 Å². The van der Waals surface area contributed by atoms with Gasteiger partial charge in [-0.2, -0.15) is 0 Å². The van der Waals surface area contributed by atoms with Gasteiger partial charge in [-0.05, 0) is 41.8 Å². The van der Waals surface area contributed by atoms with Crippen LogP contribution in [0.15, 0.2) is 48.5 Å². The summed E-state index contributed by atoms with van der Waals surface area (Å²) in [6.45, 7) is 0. The molecular formula is C15H15NO2. The van der Waals surface area contributed by atoms with Crippen LogP contribution in [0.5, 0.6) is 5.75 Å². The lowest BCUT2D eigenvalue weighted by Gasteiger charge is -2.05. The molecule has 92 valence electrons. The molecule has 1 N–H and O–H groups in total. The second-order valence-electron chi connectivity index (χ2n) is 3.98. The summed E-state index contributed by atoms with van der Waals surface area (Å²) in [5, 5.41) is 2.62. The maximum Gasteiger partial charge on any atom is 0.211 e. The molecule has 0 unspecified atom stereocenters. The first kappa shape index (κ1) is 12.2. The molecule has 0 aliphatic rings. The maximum atomic E-state index is 10.3. The van der Waals surface area contributed by atoms with Crippen molar-refractivity contribution in [3.05, 3.63) is 59.7 Å². The standard InChI is InChI=1S/C15H15NO2/c1-18-15-8-4-13(5-9-15)10-12-2-6-14(7-3-12)16-11-17/h2-9,11H,10H2,1H3,(H,16,17). The number of benzene rings is 2. The SMILES string of the molecule is COc1ccc(Cc2ccc(NC=O)cc2)cc1. The van der Waals surface area contributed by atoms with Crippen LogP contribution < -0.4 is 10.1 Å². The van der Waals surface area contributed by atoms with E-state index in [-0.39, 0.29) is 0 Å². The highest BCUT2D eigenvalue weighted by Gasteiger charge is 1.98. The van der Waals surface area contributed by atoms with E-state index in [1.807, 2.05) is 36.4 Å². The minimum Gasteiger partial charge on any atom is -0.497 e. The number of carbonyl (C=O) groups is 1. The van der Waals surface area contributed by atoms with Crippen LogP contribution in [0.25, 0.3) is 0 Å². The van der Waals surface area contributed by atoms with Gasteiger partial charge in [-0.15, -0.1) is 0 Å². The molecule has 3 nitrogen and oxygen atoms in total. The van der Waals surface area contributed by atoms with Crippen LogP contribution in [0, 0.1) is 0 Å². The fourth-order valence-electron chi connectivity index (χ4n) is 1.77. The maximum absolute atomic E-state index is 10.3. The smallest absolute Gasteiger partial charge is 0.211 e. The van der Waals surface area contributed by atoms with Gasteiger partial charge in [0.15, 0.2) is 0 Å². The van der Waals surface area contributed by atoms with Crippen molar-refractivity contribution in [2.24, 2.45) is 0 Å². The third-order valence-corrected chi connectivity index (χ3v) is 2.75.